The Kier molecular flexibility index (Phi) is 6.17. The highest BCUT2D eigenvalue weighted by Gasteiger charge is 2.17. The quantitative estimate of drug-likeness (QED) is 0.928. The Balaban J connectivity index is 2.12. The largest absolute Gasteiger partial charge is 0.346 e. The molecule has 21 heavy (non-hydrogen) atoms. The van der Waals surface area contributed by atoms with Crippen molar-refractivity contribution in [2.24, 2.45) is 5.73 Å². The first kappa shape index (κ1) is 15.9. The fourth-order valence-electron chi connectivity index (χ4n) is 2.93. The second kappa shape index (κ2) is 8.12. The Labute approximate surface area is 124 Å². The highest BCUT2D eigenvalue weighted by atomic mass is 19.1. The standard InChI is InChI=1S/C15H25FN4O/c16-9-13(10-17)11-20-15(21)19(12-18-20)14-7-5-3-1-2-4-6-8-14/h9,12,14H,1-8,10-11,17H2/b13-9+. The molecule has 6 heteroatoms. The lowest BCUT2D eigenvalue weighted by Crippen LogP contribution is -2.29. The molecule has 1 aromatic heterocycles. The highest BCUT2D eigenvalue weighted by molar-refractivity contribution is 4.99. The molecule has 0 aromatic carbocycles. The van der Waals surface area contributed by atoms with E-state index in [2.05, 4.69) is 5.10 Å². The average Bonchev–Trinajstić information content (AvgIpc) is 2.91. The van der Waals surface area contributed by atoms with Gasteiger partial charge in [0.15, 0.2) is 0 Å². The fourth-order valence-corrected chi connectivity index (χ4v) is 2.93. The van der Waals surface area contributed by atoms with E-state index in [1.807, 2.05) is 0 Å². The molecule has 1 heterocycles. The maximum absolute atomic E-state index is 12.6. The molecule has 1 fully saturated rings. The summed E-state index contributed by atoms with van der Waals surface area (Å²) in [7, 11) is 0. The summed E-state index contributed by atoms with van der Waals surface area (Å²) in [5.41, 5.74) is 5.64. The highest BCUT2D eigenvalue weighted by Crippen LogP contribution is 2.24. The van der Waals surface area contributed by atoms with Gasteiger partial charge in [-0.2, -0.15) is 5.10 Å². The van der Waals surface area contributed by atoms with E-state index in [0.717, 1.165) is 25.7 Å². The van der Waals surface area contributed by atoms with E-state index in [9.17, 15) is 9.18 Å². The van der Waals surface area contributed by atoms with Crippen molar-refractivity contribution in [1.82, 2.24) is 14.3 Å². The summed E-state index contributed by atoms with van der Waals surface area (Å²) >= 11 is 0. The minimum absolute atomic E-state index is 0.0965. The number of hydrogen-bond donors (Lipinski definition) is 1. The smallest absolute Gasteiger partial charge is 0.327 e. The molecule has 1 saturated carbocycles. The normalized spacial score (nSPS) is 19.0. The molecule has 1 aromatic rings. The maximum Gasteiger partial charge on any atom is 0.346 e. The van der Waals surface area contributed by atoms with E-state index in [4.69, 9.17) is 5.73 Å². The Morgan fingerprint density at radius 3 is 2.48 bits per heavy atom. The summed E-state index contributed by atoms with van der Waals surface area (Å²) in [5.74, 6) is 0. The summed E-state index contributed by atoms with van der Waals surface area (Å²) in [6, 6.07) is 0.222. The van der Waals surface area contributed by atoms with Crippen molar-refractivity contribution < 1.29 is 4.39 Å². The summed E-state index contributed by atoms with van der Waals surface area (Å²) < 4.78 is 15.6. The molecule has 0 saturated heterocycles. The van der Waals surface area contributed by atoms with Crippen LogP contribution in [0.5, 0.6) is 0 Å². The van der Waals surface area contributed by atoms with E-state index in [1.54, 1.807) is 10.9 Å². The first-order valence-electron chi connectivity index (χ1n) is 7.88. The van der Waals surface area contributed by atoms with Gasteiger partial charge >= 0.3 is 5.69 Å². The summed E-state index contributed by atoms with van der Waals surface area (Å²) in [6.45, 7) is 0.227. The van der Waals surface area contributed by atoms with Crippen LogP contribution in [-0.2, 0) is 6.54 Å². The van der Waals surface area contributed by atoms with Crippen molar-refractivity contribution in [3.8, 4) is 0 Å². The van der Waals surface area contributed by atoms with Crippen molar-refractivity contribution in [2.45, 2.75) is 64.0 Å². The molecule has 0 amide bonds. The van der Waals surface area contributed by atoms with Gasteiger partial charge in [0.2, 0.25) is 0 Å². The Bertz CT molecular complexity index is 510. The minimum atomic E-state index is -0.160. The first-order chi connectivity index (χ1) is 10.3. The molecule has 118 valence electrons. The molecule has 0 spiro atoms. The molecule has 1 aliphatic carbocycles. The van der Waals surface area contributed by atoms with E-state index < -0.39 is 0 Å². The number of nitrogens with two attached hydrogens (primary N) is 1. The topological polar surface area (TPSA) is 65.8 Å². The summed E-state index contributed by atoms with van der Waals surface area (Å²) in [4.78, 5) is 12.4. The number of aromatic nitrogens is 3. The number of halogens is 1. The molecule has 0 aliphatic heterocycles. The van der Waals surface area contributed by atoms with Crippen molar-refractivity contribution in [2.75, 3.05) is 6.54 Å². The minimum Gasteiger partial charge on any atom is -0.327 e. The van der Waals surface area contributed by atoms with Gasteiger partial charge in [-0.3, -0.25) is 4.57 Å². The van der Waals surface area contributed by atoms with E-state index >= 15 is 0 Å². The molecule has 0 radical (unpaired) electrons. The van der Waals surface area contributed by atoms with E-state index in [-0.39, 0.29) is 24.8 Å². The number of rotatable bonds is 4. The lowest BCUT2D eigenvalue weighted by atomic mass is 10.1. The molecular weight excluding hydrogens is 271 g/mol. The summed E-state index contributed by atoms with van der Waals surface area (Å²) in [5, 5.41) is 4.11. The molecule has 2 rings (SSSR count). The van der Waals surface area contributed by atoms with Crippen LogP contribution in [0.3, 0.4) is 0 Å². The third kappa shape index (κ3) is 4.27. The molecule has 0 unspecified atom stereocenters. The van der Waals surface area contributed by atoms with Gasteiger partial charge in [0, 0.05) is 12.6 Å². The molecule has 2 N–H and O–H groups in total. The predicted octanol–water partition coefficient (Wildman–Crippen LogP) is 2.53. The van der Waals surface area contributed by atoms with Crippen LogP contribution in [0.15, 0.2) is 23.0 Å². The molecular formula is C15H25FN4O. The van der Waals surface area contributed by atoms with Crippen LogP contribution in [-0.4, -0.2) is 20.9 Å². The molecule has 1 aliphatic rings. The maximum atomic E-state index is 12.6. The summed E-state index contributed by atoms with van der Waals surface area (Å²) in [6.07, 6.45) is 11.5. The lowest BCUT2D eigenvalue weighted by Gasteiger charge is -2.15. The van der Waals surface area contributed by atoms with E-state index in [1.165, 1.54) is 30.4 Å². The first-order valence-corrected chi connectivity index (χ1v) is 7.88. The Morgan fingerprint density at radius 1 is 1.29 bits per heavy atom. The van der Waals surface area contributed by atoms with Gasteiger partial charge in [0.25, 0.3) is 0 Å². The predicted molar refractivity (Wildman–Crippen MR) is 80.7 cm³/mol. The number of nitrogens with zero attached hydrogens (tertiary/aromatic N) is 3. The van der Waals surface area contributed by atoms with Crippen LogP contribution in [0.2, 0.25) is 0 Å². The van der Waals surface area contributed by atoms with Crippen molar-refractivity contribution in [3.63, 3.8) is 0 Å². The zero-order valence-corrected chi connectivity index (χ0v) is 12.5. The van der Waals surface area contributed by atoms with Gasteiger partial charge in [0.1, 0.15) is 6.33 Å². The Hall–Kier alpha value is -1.43. The molecule has 5 nitrogen and oxygen atoms in total. The second-order valence-electron chi connectivity index (χ2n) is 5.80. The van der Waals surface area contributed by atoms with Crippen LogP contribution in [0, 0.1) is 0 Å². The van der Waals surface area contributed by atoms with Crippen LogP contribution in [0.25, 0.3) is 0 Å². The van der Waals surface area contributed by atoms with Crippen molar-refractivity contribution >= 4 is 0 Å². The SMILES string of the molecule is NC/C(=C\F)Cn1ncn(C2CCCCCCCC2)c1=O. The van der Waals surface area contributed by atoms with Crippen LogP contribution in [0.4, 0.5) is 4.39 Å². The molecule has 0 bridgehead atoms. The monoisotopic (exact) mass is 296 g/mol. The Morgan fingerprint density at radius 2 is 1.90 bits per heavy atom. The van der Waals surface area contributed by atoms with Crippen LogP contribution < -0.4 is 11.4 Å². The zero-order chi connectivity index (χ0) is 15.1. The lowest BCUT2D eigenvalue weighted by molar-refractivity contribution is 0.402. The third-order valence-corrected chi connectivity index (χ3v) is 4.24. The van der Waals surface area contributed by atoms with Gasteiger partial charge in [-0.05, 0) is 18.4 Å². The average molecular weight is 296 g/mol. The molecule has 0 atom stereocenters. The van der Waals surface area contributed by atoms with Crippen molar-refractivity contribution in [3.05, 3.63) is 28.7 Å². The van der Waals surface area contributed by atoms with Gasteiger partial charge in [-0.1, -0.05) is 38.5 Å². The van der Waals surface area contributed by atoms with Gasteiger partial charge in [-0.15, -0.1) is 0 Å². The van der Waals surface area contributed by atoms with Crippen molar-refractivity contribution in [1.29, 1.82) is 0 Å². The van der Waals surface area contributed by atoms with Gasteiger partial charge in [0.05, 0.1) is 12.9 Å². The third-order valence-electron chi connectivity index (χ3n) is 4.24. The number of hydrogen-bond acceptors (Lipinski definition) is 3. The van der Waals surface area contributed by atoms with Gasteiger partial charge < -0.3 is 5.73 Å². The van der Waals surface area contributed by atoms with E-state index in [0.29, 0.717) is 11.9 Å². The van der Waals surface area contributed by atoms with Crippen LogP contribution in [0.1, 0.15) is 57.4 Å². The van der Waals surface area contributed by atoms with Gasteiger partial charge in [-0.25, -0.2) is 13.9 Å². The zero-order valence-electron chi connectivity index (χ0n) is 12.5. The fraction of sp³-hybridized carbons (Fsp3) is 0.733. The second-order valence-corrected chi connectivity index (χ2v) is 5.80. The van der Waals surface area contributed by atoms with Crippen LogP contribution >= 0.6 is 0 Å².